The fraction of sp³-hybridized carbons (Fsp3) is 0.348. The predicted octanol–water partition coefficient (Wildman–Crippen LogP) is 3.65. The van der Waals surface area contributed by atoms with E-state index >= 15 is 0 Å². The van der Waals surface area contributed by atoms with Crippen molar-refractivity contribution in [3.63, 3.8) is 0 Å². The maximum atomic E-state index is 11.4. The summed E-state index contributed by atoms with van der Waals surface area (Å²) in [4.78, 5) is 10.9. The van der Waals surface area contributed by atoms with Gasteiger partial charge in [0.15, 0.2) is 12.3 Å². The number of nitrogens with zero attached hydrogens (tertiary/aromatic N) is 2. The van der Waals surface area contributed by atoms with E-state index in [1.54, 1.807) is 17.8 Å². The Kier molecular flexibility index (Phi) is 5.56. The summed E-state index contributed by atoms with van der Waals surface area (Å²) in [6.07, 6.45) is 3.48. The third-order valence-corrected chi connectivity index (χ3v) is 7.40. The lowest BCUT2D eigenvalue weighted by Crippen LogP contribution is -2.45. The molecular formula is C23H25BN2O6S. The van der Waals surface area contributed by atoms with Gasteiger partial charge in [-0.25, -0.2) is 0 Å². The van der Waals surface area contributed by atoms with Crippen molar-refractivity contribution < 1.29 is 28.5 Å². The molecule has 2 aromatic rings. The Balaban J connectivity index is 1.63. The fourth-order valence-corrected chi connectivity index (χ4v) is 5.58. The van der Waals surface area contributed by atoms with Crippen LogP contribution in [0.2, 0.25) is 0 Å². The average Bonchev–Trinajstić information content (AvgIpc) is 3.25. The van der Waals surface area contributed by atoms with E-state index in [0.717, 1.165) is 18.0 Å². The molecule has 3 aliphatic rings. The van der Waals surface area contributed by atoms with Gasteiger partial charge < -0.3 is 19.0 Å². The number of non-ortho nitro benzene ring substituents is 1. The second-order valence-corrected chi connectivity index (χ2v) is 10.0. The smallest absolute Gasteiger partial charge is 0.589 e. The number of para-hydroxylation sites is 1. The Morgan fingerprint density at radius 3 is 2.88 bits per heavy atom. The second-order valence-electron chi connectivity index (χ2n) is 8.88. The molecule has 33 heavy (non-hydrogen) atoms. The molecule has 0 aromatic heterocycles. The lowest BCUT2D eigenvalue weighted by Gasteiger charge is -2.31. The van der Waals surface area contributed by atoms with Crippen molar-refractivity contribution >= 4 is 41.9 Å². The third-order valence-electron chi connectivity index (χ3n) is 6.32. The molecule has 2 atom stereocenters. The van der Waals surface area contributed by atoms with Crippen molar-refractivity contribution in [3.05, 3.63) is 69.8 Å². The highest BCUT2D eigenvalue weighted by molar-refractivity contribution is 7.99. The predicted molar refractivity (Wildman–Crippen MR) is 128 cm³/mol. The summed E-state index contributed by atoms with van der Waals surface area (Å²) >= 11 is 1.74. The minimum atomic E-state index is -2.97. The Labute approximate surface area is 196 Å². The molecular weight excluding hydrogens is 443 g/mol. The maximum Gasteiger partial charge on any atom is 0.589 e. The summed E-state index contributed by atoms with van der Waals surface area (Å²) in [7, 11) is 0. The highest BCUT2D eigenvalue weighted by Gasteiger charge is 2.44. The first-order valence-corrected chi connectivity index (χ1v) is 12.1. The summed E-state index contributed by atoms with van der Waals surface area (Å²) in [6.45, 7) is 2.41. The van der Waals surface area contributed by atoms with Crippen LogP contribution in [0.15, 0.2) is 48.5 Å². The van der Waals surface area contributed by atoms with E-state index in [1.165, 1.54) is 29.4 Å². The van der Waals surface area contributed by atoms with Crippen LogP contribution in [0, 0.1) is 10.1 Å². The van der Waals surface area contributed by atoms with E-state index < -0.39 is 11.9 Å². The molecule has 5 rings (SSSR count). The molecule has 3 aliphatic heterocycles. The van der Waals surface area contributed by atoms with Crippen molar-refractivity contribution in [2.45, 2.75) is 25.4 Å². The van der Waals surface area contributed by atoms with Gasteiger partial charge in [0.25, 0.3) is 5.69 Å². The van der Waals surface area contributed by atoms with Gasteiger partial charge in [0, 0.05) is 53.9 Å². The minimum Gasteiger partial charge on any atom is -0.645 e. The van der Waals surface area contributed by atoms with E-state index in [9.17, 15) is 15.1 Å². The molecule has 1 saturated heterocycles. The van der Waals surface area contributed by atoms with Crippen LogP contribution in [0.3, 0.4) is 0 Å². The lowest BCUT2D eigenvalue weighted by molar-refractivity contribution is -0.431. The van der Waals surface area contributed by atoms with Gasteiger partial charge in [0.2, 0.25) is 5.69 Å². The molecule has 3 heterocycles. The van der Waals surface area contributed by atoms with E-state index in [-0.39, 0.29) is 29.6 Å². The van der Waals surface area contributed by atoms with Crippen LogP contribution in [-0.2, 0) is 14.7 Å². The Hall–Kier alpha value is -2.66. The molecule has 1 fully saturated rings. The van der Waals surface area contributed by atoms with Gasteiger partial charge in [-0.2, -0.15) is 16.3 Å². The summed E-state index contributed by atoms with van der Waals surface area (Å²) in [5, 5.41) is 22.1. The number of hydrogen-bond acceptors (Lipinski definition) is 7. The van der Waals surface area contributed by atoms with E-state index in [1.807, 2.05) is 18.2 Å². The first kappa shape index (κ1) is 22.2. The summed E-state index contributed by atoms with van der Waals surface area (Å²) in [6, 6.07) is 12.6. The SMILES string of the molecule is CC1(C)C2=[N+](CCSCC3CO[B-](O)(Oc4ccc([N+](=O)[O-])cc4/C=C\2)O3)c2ccccc21. The van der Waals surface area contributed by atoms with Gasteiger partial charge in [-0.05, 0) is 26.0 Å². The van der Waals surface area contributed by atoms with E-state index in [0.29, 0.717) is 11.3 Å². The standard InChI is InChI=1S/C23H25BN2O6S/c1-23(2)19-5-3-4-6-20(19)25-11-12-33-15-18-14-30-24(27,31-18)32-21-9-8-17(26(28)29)13-16(21)7-10-22(23)25/h3-10,13,18,27H,11-12,14-15H2,1-2H3/b10-7-. The van der Waals surface area contributed by atoms with Gasteiger partial charge >= 0.3 is 6.96 Å². The number of allylic oxidation sites excluding steroid dienone is 1. The largest absolute Gasteiger partial charge is 0.645 e. The molecule has 2 unspecified atom stereocenters. The van der Waals surface area contributed by atoms with Crippen LogP contribution in [0.25, 0.3) is 6.08 Å². The quantitative estimate of drug-likeness (QED) is 0.296. The normalized spacial score (nSPS) is 27.1. The maximum absolute atomic E-state index is 11.4. The van der Waals surface area contributed by atoms with Gasteiger partial charge in [0.05, 0.1) is 21.8 Å². The van der Waals surface area contributed by atoms with Crippen LogP contribution < -0.4 is 4.65 Å². The van der Waals surface area contributed by atoms with Crippen LogP contribution in [0.1, 0.15) is 25.0 Å². The summed E-state index contributed by atoms with van der Waals surface area (Å²) in [5.41, 5.74) is 3.65. The van der Waals surface area contributed by atoms with Crippen molar-refractivity contribution in [2.75, 3.05) is 24.7 Å². The van der Waals surface area contributed by atoms with Crippen molar-refractivity contribution in [2.24, 2.45) is 0 Å². The van der Waals surface area contributed by atoms with Crippen LogP contribution >= 0.6 is 11.8 Å². The average molecular weight is 468 g/mol. The topological polar surface area (TPSA) is 94.1 Å². The van der Waals surface area contributed by atoms with E-state index in [2.05, 4.69) is 30.6 Å². The Morgan fingerprint density at radius 1 is 1.24 bits per heavy atom. The van der Waals surface area contributed by atoms with Crippen LogP contribution in [0.4, 0.5) is 11.4 Å². The molecule has 2 aromatic carbocycles. The van der Waals surface area contributed by atoms with Crippen molar-refractivity contribution in [1.82, 2.24) is 0 Å². The third kappa shape index (κ3) is 4.08. The monoisotopic (exact) mass is 468 g/mol. The lowest BCUT2D eigenvalue weighted by atomic mass is 9.81. The molecule has 1 N–H and O–H groups in total. The number of rotatable bonds is 1. The van der Waals surface area contributed by atoms with Crippen molar-refractivity contribution in [1.29, 1.82) is 0 Å². The van der Waals surface area contributed by atoms with Crippen LogP contribution in [0.5, 0.6) is 5.75 Å². The summed E-state index contributed by atoms with van der Waals surface area (Å²) < 4.78 is 19.2. The zero-order chi connectivity index (χ0) is 23.2. The summed E-state index contributed by atoms with van der Waals surface area (Å²) in [5.74, 6) is 1.77. The molecule has 0 aliphatic carbocycles. The van der Waals surface area contributed by atoms with Gasteiger partial charge in [-0.3, -0.25) is 10.1 Å². The molecule has 0 radical (unpaired) electrons. The first-order chi connectivity index (χ1) is 15.8. The van der Waals surface area contributed by atoms with Gasteiger partial charge in [0.1, 0.15) is 0 Å². The molecule has 0 amide bonds. The highest BCUT2D eigenvalue weighted by Crippen LogP contribution is 2.40. The second kappa shape index (κ2) is 8.29. The number of fused-ring (bicyclic) bond motifs is 5. The van der Waals surface area contributed by atoms with Crippen LogP contribution in [-0.4, -0.2) is 58.0 Å². The number of nitro benzene ring substituents is 1. The number of thioether (sulfide) groups is 1. The molecule has 8 nitrogen and oxygen atoms in total. The zero-order valence-corrected chi connectivity index (χ0v) is 19.3. The molecule has 0 saturated carbocycles. The molecule has 0 spiro atoms. The van der Waals surface area contributed by atoms with Gasteiger partial charge in [-0.15, -0.1) is 0 Å². The molecule has 10 heteroatoms. The van der Waals surface area contributed by atoms with Crippen molar-refractivity contribution in [3.8, 4) is 5.75 Å². The highest BCUT2D eigenvalue weighted by atomic mass is 32.2. The Morgan fingerprint density at radius 2 is 2.06 bits per heavy atom. The number of benzene rings is 2. The fourth-order valence-electron chi connectivity index (χ4n) is 4.67. The minimum absolute atomic E-state index is 0.0686. The molecule has 172 valence electrons. The van der Waals surface area contributed by atoms with Gasteiger partial charge in [-0.1, -0.05) is 18.2 Å². The zero-order valence-electron chi connectivity index (χ0n) is 18.5. The Bertz CT molecular complexity index is 1180. The number of hydrogen-bond donors (Lipinski definition) is 1. The first-order valence-electron chi connectivity index (χ1n) is 10.9. The molecule has 2 bridgehead atoms. The van der Waals surface area contributed by atoms with E-state index in [4.69, 9.17) is 14.0 Å². The number of nitro groups is 1.